The number of benzene rings is 3. The Kier molecular flexibility index (Phi) is 6.08. The van der Waals surface area contributed by atoms with Crippen LogP contribution in [0.25, 0.3) is 10.9 Å². The van der Waals surface area contributed by atoms with Gasteiger partial charge in [-0.1, -0.05) is 30.3 Å². The van der Waals surface area contributed by atoms with Gasteiger partial charge < -0.3 is 14.6 Å². The van der Waals surface area contributed by atoms with E-state index in [1.807, 2.05) is 54.7 Å². The molecule has 1 aliphatic heterocycles. The average molecular weight is 430 g/mol. The molecule has 32 heavy (non-hydrogen) atoms. The van der Waals surface area contributed by atoms with Gasteiger partial charge in [0, 0.05) is 43.3 Å². The molecule has 1 aromatic heterocycles. The number of piperazine rings is 1. The molecule has 164 valence electrons. The first kappa shape index (κ1) is 20.6. The molecule has 1 aliphatic rings. The van der Waals surface area contributed by atoms with E-state index in [1.54, 1.807) is 6.07 Å². The zero-order valence-electron chi connectivity index (χ0n) is 18.1. The first-order valence-corrected chi connectivity index (χ1v) is 11.3. The first-order chi connectivity index (χ1) is 15.8. The fourth-order valence-corrected chi connectivity index (χ4v) is 4.48. The van der Waals surface area contributed by atoms with E-state index < -0.39 is 0 Å². The standard InChI is InChI=1S/C27H28FN3O/c28-22-12-13-25-24(19-22)21(20-29-25)7-6-14-30-15-17-31(18-16-30)26-10-4-5-11-27(26)32-23-8-2-1-3-9-23/h1-5,8-13,19-20,29H,6-7,14-18H2. The zero-order chi connectivity index (χ0) is 21.8. The smallest absolute Gasteiger partial charge is 0.150 e. The highest BCUT2D eigenvalue weighted by Crippen LogP contribution is 2.32. The number of aromatic nitrogens is 1. The number of nitrogens with zero attached hydrogens (tertiary/aromatic N) is 2. The van der Waals surface area contributed by atoms with E-state index in [0.29, 0.717) is 0 Å². The van der Waals surface area contributed by atoms with Gasteiger partial charge in [0.25, 0.3) is 0 Å². The second-order valence-corrected chi connectivity index (χ2v) is 8.32. The van der Waals surface area contributed by atoms with Crippen LogP contribution in [0.2, 0.25) is 0 Å². The van der Waals surface area contributed by atoms with Crippen molar-refractivity contribution >= 4 is 16.6 Å². The molecule has 0 saturated carbocycles. The van der Waals surface area contributed by atoms with Crippen molar-refractivity contribution < 1.29 is 9.13 Å². The maximum atomic E-state index is 13.6. The number of fused-ring (bicyclic) bond motifs is 1. The van der Waals surface area contributed by atoms with Gasteiger partial charge in [-0.2, -0.15) is 0 Å². The van der Waals surface area contributed by atoms with E-state index in [4.69, 9.17) is 4.74 Å². The molecule has 0 unspecified atom stereocenters. The van der Waals surface area contributed by atoms with Crippen LogP contribution in [-0.2, 0) is 6.42 Å². The summed E-state index contributed by atoms with van der Waals surface area (Å²) >= 11 is 0. The molecule has 1 fully saturated rings. The van der Waals surface area contributed by atoms with Crippen LogP contribution in [0.1, 0.15) is 12.0 Å². The number of hydrogen-bond acceptors (Lipinski definition) is 3. The maximum absolute atomic E-state index is 13.6. The number of aryl methyl sites for hydroxylation is 1. The number of anilines is 1. The Labute approximate surface area is 188 Å². The highest BCUT2D eigenvalue weighted by Gasteiger charge is 2.20. The van der Waals surface area contributed by atoms with Crippen molar-refractivity contribution in [2.24, 2.45) is 0 Å². The molecule has 2 heterocycles. The van der Waals surface area contributed by atoms with Crippen molar-refractivity contribution in [1.82, 2.24) is 9.88 Å². The summed E-state index contributed by atoms with van der Waals surface area (Å²) in [5.41, 5.74) is 3.35. The van der Waals surface area contributed by atoms with Crippen molar-refractivity contribution in [3.05, 3.63) is 90.4 Å². The molecule has 0 amide bonds. The molecule has 0 radical (unpaired) electrons. The fourth-order valence-electron chi connectivity index (χ4n) is 4.48. The molecule has 4 nitrogen and oxygen atoms in total. The van der Waals surface area contributed by atoms with Crippen LogP contribution in [0.3, 0.4) is 0 Å². The monoisotopic (exact) mass is 429 g/mol. The lowest BCUT2D eigenvalue weighted by Gasteiger charge is -2.36. The first-order valence-electron chi connectivity index (χ1n) is 11.3. The van der Waals surface area contributed by atoms with Gasteiger partial charge in [0.2, 0.25) is 0 Å². The Balaban J connectivity index is 1.15. The predicted octanol–water partition coefficient (Wildman–Crippen LogP) is 5.85. The average Bonchev–Trinajstić information content (AvgIpc) is 3.23. The van der Waals surface area contributed by atoms with E-state index in [1.165, 1.54) is 11.6 Å². The van der Waals surface area contributed by atoms with Gasteiger partial charge in [-0.15, -0.1) is 0 Å². The number of ether oxygens (including phenoxy) is 1. The molecule has 4 aromatic rings. The molecule has 0 aliphatic carbocycles. The number of para-hydroxylation sites is 3. The Hall–Kier alpha value is -3.31. The molecule has 5 rings (SSSR count). The van der Waals surface area contributed by atoms with Crippen molar-refractivity contribution in [1.29, 1.82) is 0 Å². The third-order valence-corrected chi connectivity index (χ3v) is 6.20. The van der Waals surface area contributed by atoms with Crippen LogP contribution >= 0.6 is 0 Å². The van der Waals surface area contributed by atoms with Gasteiger partial charge in [-0.3, -0.25) is 4.90 Å². The number of rotatable bonds is 7. The molecule has 0 atom stereocenters. The van der Waals surface area contributed by atoms with Crippen LogP contribution < -0.4 is 9.64 Å². The Bertz CT molecular complexity index is 1170. The number of aromatic amines is 1. The third kappa shape index (κ3) is 4.63. The third-order valence-electron chi connectivity index (χ3n) is 6.20. The summed E-state index contributed by atoms with van der Waals surface area (Å²) < 4.78 is 19.8. The molecular weight excluding hydrogens is 401 g/mol. The van der Waals surface area contributed by atoms with Crippen molar-refractivity contribution in [3.63, 3.8) is 0 Å². The number of nitrogens with one attached hydrogen (secondary N) is 1. The lowest BCUT2D eigenvalue weighted by Crippen LogP contribution is -2.46. The van der Waals surface area contributed by atoms with Gasteiger partial charge >= 0.3 is 0 Å². The minimum atomic E-state index is -0.175. The second-order valence-electron chi connectivity index (χ2n) is 8.32. The minimum Gasteiger partial charge on any atom is -0.455 e. The number of hydrogen-bond donors (Lipinski definition) is 1. The predicted molar refractivity (Wildman–Crippen MR) is 128 cm³/mol. The quantitative estimate of drug-likeness (QED) is 0.400. The molecule has 3 aromatic carbocycles. The minimum absolute atomic E-state index is 0.175. The molecule has 1 saturated heterocycles. The lowest BCUT2D eigenvalue weighted by molar-refractivity contribution is 0.254. The van der Waals surface area contributed by atoms with E-state index in [9.17, 15) is 4.39 Å². The number of H-pyrrole nitrogens is 1. The maximum Gasteiger partial charge on any atom is 0.150 e. The highest BCUT2D eigenvalue weighted by molar-refractivity contribution is 5.83. The summed E-state index contributed by atoms with van der Waals surface area (Å²) in [6.45, 7) is 5.07. The Morgan fingerprint density at radius 3 is 2.50 bits per heavy atom. The van der Waals surface area contributed by atoms with Crippen molar-refractivity contribution in [2.45, 2.75) is 12.8 Å². The van der Waals surface area contributed by atoms with Crippen LogP contribution in [0, 0.1) is 5.82 Å². The molecule has 0 bridgehead atoms. The second kappa shape index (κ2) is 9.45. The largest absolute Gasteiger partial charge is 0.455 e. The van der Waals surface area contributed by atoms with Gasteiger partial charge in [0.1, 0.15) is 11.6 Å². The van der Waals surface area contributed by atoms with Gasteiger partial charge in [0.05, 0.1) is 5.69 Å². The molecule has 1 N–H and O–H groups in total. The van der Waals surface area contributed by atoms with Gasteiger partial charge in [-0.05, 0) is 67.4 Å². The van der Waals surface area contributed by atoms with E-state index in [-0.39, 0.29) is 5.82 Å². The fraction of sp³-hybridized carbons (Fsp3) is 0.259. The van der Waals surface area contributed by atoms with Gasteiger partial charge in [-0.25, -0.2) is 4.39 Å². The lowest BCUT2D eigenvalue weighted by atomic mass is 10.1. The normalized spacial score (nSPS) is 14.7. The van der Waals surface area contributed by atoms with E-state index in [2.05, 4.69) is 26.9 Å². The summed E-state index contributed by atoms with van der Waals surface area (Å²) in [5, 5.41) is 1.00. The highest BCUT2D eigenvalue weighted by atomic mass is 19.1. The van der Waals surface area contributed by atoms with Gasteiger partial charge in [0.15, 0.2) is 5.75 Å². The zero-order valence-corrected chi connectivity index (χ0v) is 18.1. The van der Waals surface area contributed by atoms with E-state index in [0.717, 1.165) is 73.7 Å². The topological polar surface area (TPSA) is 31.5 Å². The Morgan fingerprint density at radius 1 is 0.875 bits per heavy atom. The van der Waals surface area contributed by atoms with Crippen molar-refractivity contribution in [3.8, 4) is 11.5 Å². The van der Waals surface area contributed by atoms with Crippen LogP contribution in [0.15, 0.2) is 79.0 Å². The number of halogens is 1. The van der Waals surface area contributed by atoms with Crippen LogP contribution in [0.5, 0.6) is 11.5 Å². The van der Waals surface area contributed by atoms with Crippen molar-refractivity contribution in [2.75, 3.05) is 37.6 Å². The Morgan fingerprint density at radius 2 is 1.66 bits per heavy atom. The summed E-state index contributed by atoms with van der Waals surface area (Å²) in [6.07, 6.45) is 4.04. The molecule has 0 spiro atoms. The molecular formula is C27H28FN3O. The SMILES string of the molecule is Fc1ccc2[nH]cc(CCCN3CCN(c4ccccc4Oc4ccccc4)CC3)c2c1. The summed E-state index contributed by atoms with van der Waals surface area (Å²) in [6, 6.07) is 23.2. The molecule has 5 heteroatoms. The summed E-state index contributed by atoms with van der Waals surface area (Å²) in [5.74, 6) is 1.58. The van der Waals surface area contributed by atoms with Crippen LogP contribution in [0.4, 0.5) is 10.1 Å². The summed E-state index contributed by atoms with van der Waals surface area (Å²) in [7, 11) is 0. The van der Waals surface area contributed by atoms with Crippen LogP contribution in [-0.4, -0.2) is 42.6 Å². The summed E-state index contributed by atoms with van der Waals surface area (Å²) in [4.78, 5) is 8.19. The van der Waals surface area contributed by atoms with E-state index >= 15 is 0 Å².